The summed E-state index contributed by atoms with van der Waals surface area (Å²) in [4.78, 5) is 9.79. The minimum atomic E-state index is -0.439. The fraction of sp³-hybridized carbons (Fsp3) is 0.200. The van der Waals surface area contributed by atoms with Crippen molar-refractivity contribution in [3.63, 3.8) is 0 Å². The van der Waals surface area contributed by atoms with Crippen molar-refractivity contribution in [3.05, 3.63) is 56.7 Å². The Morgan fingerprint density at radius 3 is 2.64 bits per heavy atom. The summed E-state index contributed by atoms with van der Waals surface area (Å²) >= 11 is 2.88. The van der Waals surface area contributed by atoms with Gasteiger partial charge >= 0.3 is 4.61 Å². The van der Waals surface area contributed by atoms with Gasteiger partial charge in [-0.2, -0.15) is 0 Å². The Morgan fingerprint density at radius 2 is 2.07 bits per heavy atom. The molecule has 0 atom stereocenters. The molecule has 4 heteroatoms. The number of hydrogen-bond acceptors (Lipinski definition) is 2. The maximum absolute atomic E-state index is 10.2. The Balaban J connectivity index is 2.43. The van der Waals surface area contributed by atoms with Crippen LogP contribution in [0.15, 0.2) is 41.0 Å². The smallest absolute Gasteiger partial charge is 0.258 e. The number of aryl methyl sites for hydroxylation is 1. The highest BCUT2D eigenvalue weighted by Crippen LogP contribution is 2.09. The average molecular weight is 256 g/mol. The number of allylic oxidation sites excluding steroid dienone is 1. The zero-order valence-corrected chi connectivity index (χ0v) is 9.11. The van der Waals surface area contributed by atoms with E-state index < -0.39 is 4.92 Å². The molecule has 0 bridgehead atoms. The van der Waals surface area contributed by atoms with E-state index in [9.17, 15) is 10.1 Å². The van der Waals surface area contributed by atoms with Crippen molar-refractivity contribution in [2.24, 2.45) is 0 Å². The molecule has 1 aromatic rings. The normalized spacial score (nSPS) is 11.4. The van der Waals surface area contributed by atoms with E-state index in [-0.39, 0.29) is 4.61 Å². The van der Waals surface area contributed by atoms with E-state index >= 15 is 0 Å². The van der Waals surface area contributed by atoms with Crippen LogP contribution < -0.4 is 0 Å². The second-order valence-electron chi connectivity index (χ2n) is 2.81. The topological polar surface area (TPSA) is 43.1 Å². The lowest BCUT2D eigenvalue weighted by molar-refractivity contribution is -0.409. The molecule has 0 aliphatic carbocycles. The molecule has 0 spiro atoms. The van der Waals surface area contributed by atoms with Crippen LogP contribution in [0.2, 0.25) is 0 Å². The molecule has 0 heterocycles. The molecule has 0 radical (unpaired) electrons. The van der Waals surface area contributed by atoms with Crippen LogP contribution >= 0.6 is 15.9 Å². The highest BCUT2D eigenvalue weighted by molar-refractivity contribution is 9.11. The molecule has 14 heavy (non-hydrogen) atoms. The van der Waals surface area contributed by atoms with Crippen LogP contribution in [0.3, 0.4) is 0 Å². The number of rotatable bonds is 4. The van der Waals surface area contributed by atoms with Crippen LogP contribution in [0.5, 0.6) is 0 Å². The molecule has 1 aromatic carbocycles. The first-order valence-corrected chi connectivity index (χ1v) is 5.03. The van der Waals surface area contributed by atoms with Gasteiger partial charge in [0.05, 0.1) is 4.92 Å². The van der Waals surface area contributed by atoms with Gasteiger partial charge < -0.3 is 0 Å². The van der Waals surface area contributed by atoms with Crippen molar-refractivity contribution in [2.75, 3.05) is 0 Å². The number of halogens is 1. The van der Waals surface area contributed by atoms with Gasteiger partial charge in [0.2, 0.25) is 0 Å². The predicted octanol–water partition coefficient (Wildman–Crippen LogP) is 3.13. The van der Waals surface area contributed by atoms with Gasteiger partial charge in [0.1, 0.15) is 0 Å². The molecule has 3 nitrogen and oxygen atoms in total. The number of benzene rings is 1. The van der Waals surface area contributed by atoms with Crippen LogP contribution in [0, 0.1) is 10.1 Å². The van der Waals surface area contributed by atoms with Crippen molar-refractivity contribution in [1.29, 1.82) is 0 Å². The van der Waals surface area contributed by atoms with Crippen molar-refractivity contribution in [3.8, 4) is 0 Å². The Bertz CT molecular complexity index is 335. The highest BCUT2D eigenvalue weighted by Gasteiger charge is 2.02. The van der Waals surface area contributed by atoms with Gasteiger partial charge in [0, 0.05) is 22.0 Å². The van der Waals surface area contributed by atoms with Gasteiger partial charge in [-0.3, -0.25) is 10.1 Å². The summed E-state index contributed by atoms with van der Waals surface area (Å²) in [7, 11) is 0. The average Bonchev–Trinajstić information content (AvgIpc) is 2.19. The lowest BCUT2D eigenvalue weighted by Crippen LogP contribution is -1.91. The van der Waals surface area contributed by atoms with Gasteiger partial charge in [-0.15, -0.1) is 0 Å². The van der Waals surface area contributed by atoms with E-state index in [4.69, 9.17) is 0 Å². The zero-order chi connectivity index (χ0) is 10.4. The molecule has 0 saturated heterocycles. The van der Waals surface area contributed by atoms with E-state index in [0.717, 1.165) is 6.42 Å². The third-order valence-corrected chi connectivity index (χ3v) is 2.38. The van der Waals surface area contributed by atoms with Crippen molar-refractivity contribution in [2.45, 2.75) is 12.8 Å². The summed E-state index contributed by atoms with van der Waals surface area (Å²) in [6.07, 6.45) is 3.07. The van der Waals surface area contributed by atoms with Crippen molar-refractivity contribution < 1.29 is 4.92 Å². The first-order chi connectivity index (χ1) is 6.70. The highest BCUT2D eigenvalue weighted by atomic mass is 79.9. The Labute approximate surface area is 90.7 Å². The molecule has 74 valence electrons. The molecule has 0 aromatic heterocycles. The quantitative estimate of drug-likeness (QED) is 0.472. The molecule has 0 fully saturated rings. The summed E-state index contributed by atoms with van der Waals surface area (Å²) in [5, 5.41) is 10.2. The van der Waals surface area contributed by atoms with Gasteiger partial charge in [0.15, 0.2) is 0 Å². The first-order valence-electron chi connectivity index (χ1n) is 4.24. The van der Waals surface area contributed by atoms with Crippen LogP contribution in [-0.2, 0) is 6.42 Å². The zero-order valence-electron chi connectivity index (χ0n) is 7.52. The van der Waals surface area contributed by atoms with E-state index in [1.807, 2.05) is 30.3 Å². The van der Waals surface area contributed by atoms with Crippen LogP contribution in [0.1, 0.15) is 12.0 Å². The third kappa shape index (κ3) is 3.70. The van der Waals surface area contributed by atoms with Crippen molar-refractivity contribution in [1.82, 2.24) is 0 Å². The van der Waals surface area contributed by atoms with E-state index in [1.54, 1.807) is 6.08 Å². The number of nitro groups is 1. The second kappa shape index (κ2) is 5.54. The fourth-order valence-corrected chi connectivity index (χ4v) is 1.31. The van der Waals surface area contributed by atoms with E-state index in [1.165, 1.54) is 5.56 Å². The maximum atomic E-state index is 10.2. The lowest BCUT2D eigenvalue weighted by Gasteiger charge is -1.95. The Morgan fingerprint density at radius 1 is 1.43 bits per heavy atom. The van der Waals surface area contributed by atoms with Crippen LogP contribution in [-0.4, -0.2) is 4.92 Å². The van der Waals surface area contributed by atoms with Gasteiger partial charge in [-0.05, 0) is 18.4 Å². The summed E-state index contributed by atoms with van der Waals surface area (Å²) in [5.74, 6) is 0. The Kier molecular flexibility index (Phi) is 4.32. The van der Waals surface area contributed by atoms with Gasteiger partial charge in [0.25, 0.3) is 0 Å². The molecule has 0 amide bonds. The lowest BCUT2D eigenvalue weighted by atomic mass is 10.1. The van der Waals surface area contributed by atoms with Gasteiger partial charge in [-0.1, -0.05) is 30.3 Å². The van der Waals surface area contributed by atoms with E-state index in [2.05, 4.69) is 15.9 Å². The summed E-state index contributed by atoms with van der Waals surface area (Å²) in [6, 6.07) is 9.89. The maximum Gasteiger partial charge on any atom is 0.306 e. The fourth-order valence-electron chi connectivity index (χ4n) is 1.08. The Hall–Kier alpha value is -1.16. The van der Waals surface area contributed by atoms with E-state index in [0.29, 0.717) is 6.42 Å². The summed E-state index contributed by atoms with van der Waals surface area (Å²) in [6.45, 7) is 0. The van der Waals surface area contributed by atoms with Crippen molar-refractivity contribution >= 4 is 15.9 Å². The predicted molar refractivity (Wildman–Crippen MR) is 58.8 cm³/mol. The monoisotopic (exact) mass is 255 g/mol. The SMILES string of the molecule is O=[N+]([O-])/C(Br)=C/CCc1ccccc1. The van der Waals surface area contributed by atoms with Crippen LogP contribution in [0.25, 0.3) is 0 Å². The summed E-state index contributed by atoms with van der Waals surface area (Å²) < 4.78 is 0.0356. The minimum Gasteiger partial charge on any atom is -0.258 e. The first kappa shape index (κ1) is 10.9. The molecule has 0 N–H and O–H groups in total. The molecule has 0 aliphatic rings. The molecular weight excluding hydrogens is 246 g/mol. The minimum absolute atomic E-state index is 0.0356. The molecule has 0 aliphatic heterocycles. The van der Waals surface area contributed by atoms with Gasteiger partial charge in [-0.25, -0.2) is 0 Å². The third-order valence-electron chi connectivity index (χ3n) is 1.76. The molecular formula is C10H10BrNO2. The number of hydrogen-bond donors (Lipinski definition) is 0. The molecule has 0 unspecified atom stereocenters. The summed E-state index contributed by atoms with van der Waals surface area (Å²) in [5.41, 5.74) is 1.19. The molecule has 0 saturated carbocycles. The number of nitrogens with zero attached hydrogens (tertiary/aromatic N) is 1. The largest absolute Gasteiger partial charge is 0.306 e. The second-order valence-corrected chi connectivity index (χ2v) is 3.62. The standard InChI is InChI=1S/C10H10BrNO2/c11-10(12(13)14)8-4-7-9-5-2-1-3-6-9/h1-3,5-6,8H,4,7H2/b10-8+. The van der Waals surface area contributed by atoms with Crippen LogP contribution in [0.4, 0.5) is 0 Å². The molecule has 1 rings (SSSR count).